The Bertz CT molecular complexity index is 877. The standard InChI is InChI=1S/C21H22FN3O2/c1-26-18-11-7-16(8-12-18)21-23-20(27-24-21)14-25-13-3-2-4-19(25)15-5-9-17(22)10-6-15/h5-12,19H,2-4,13-14H2,1H3/t19-/m1/s1. The maximum atomic E-state index is 13.3. The molecule has 6 heteroatoms. The number of methoxy groups -OCH3 is 1. The summed E-state index contributed by atoms with van der Waals surface area (Å²) in [6.45, 7) is 1.55. The molecule has 0 N–H and O–H groups in total. The lowest BCUT2D eigenvalue weighted by Crippen LogP contribution is -2.33. The molecule has 2 heterocycles. The molecule has 0 spiro atoms. The van der Waals surface area contributed by atoms with Gasteiger partial charge in [0, 0.05) is 11.6 Å². The first-order chi connectivity index (χ1) is 13.2. The van der Waals surface area contributed by atoms with Gasteiger partial charge in [0.2, 0.25) is 11.7 Å². The van der Waals surface area contributed by atoms with E-state index in [0.717, 1.165) is 36.3 Å². The Morgan fingerprint density at radius 1 is 1.11 bits per heavy atom. The highest BCUT2D eigenvalue weighted by Gasteiger charge is 2.25. The van der Waals surface area contributed by atoms with Crippen LogP contribution in [0.1, 0.15) is 36.8 Å². The molecule has 1 aliphatic rings. The van der Waals surface area contributed by atoms with Crippen molar-refractivity contribution >= 4 is 0 Å². The highest BCUT2D eigenvalue weighted by atomic mass is 19.1. The van der Waals surface area contributed by atoms with Crippen molar-refractivity contribution in [3.8, 4) is 17.1 Å². The summed E-state index contributed by atoms with van der Waals surface area (Å²) in [4.78, 5) is 6.89. The molecule has 1 atom stereocenters. The fourth-order valence-corrected chi connectivity index (χ4v) is 3.59. The van der Waals surface area contributed by atoms with Crippen molar-refractivity contribution < 1.29 is 13.7 Å². The van der Waals surface area contributed by atoms with E-state index < -0.39 is 0 Å². The van der Waals surface area contributed by atoms with Gasteiger partial charge in [-0.1, -0.05) is 23.7 Å². The van der Waals surface area contributed by atoms with E-state index in [-0.39, 0.29) is 11.9 Å². The number of halogens is 1. The molecular weight excluding hydrogens is 345 g/mol. The predicted molar refractivity (Wildman–Crippen MR) is 99.7 cm³/mol. The van der Waals surface area contributed by atoms with E-state index in [1.54, 1.807) is 7.11 Å². The third-order valence-electron chi connectivity index (χ3n) is 5.02. The van der Waals surface area contributed by atoms with Crippen molar-refractivity contribution in [3.05, 3.63) is 65.8 Å². The Kier molecular flexibility index (Phi) is 5.16. The number of rotatable bonds is 5. The van der Waals surface area contributed by atoms with Gasteiger partial charge in [0.05, 0.1) is 13.7 Å². The van der Waals surface area contributed by atoms with Crippen LogP contribution < -0.4 is 4.74 Å². The lowest BCUT2D eigenvalue weighted by atomic mass is 9.95. The van der Waals surface area contributed by atoms with E-state index in [2.05, 4.69) is 15.0 Å². The first kappa shape index (κ1) is 17.7. The van der Waals surface area contributed by atoms with Gasteiger partial charge >= 0.3 is 0 Å². The number of likely N-dealkylation sites (tertiary alicyclic amines) is 1. The van der Waals surface area contributed by atoms with Crippen molar-refractivity contribution in [1.82, 2.24) is 15.0 Å². The van der Waals surface area contributed by atoms with Crippen LogP contribution in [0.15, 0.2) is 53.1 Å². The largest absolute Gasteiger partial charge is 0.497 e. The van der Waals surface area contributed by atoms with Crippen LogP contribution in [0.3, 0.4) is 0 Å². The summed E-state index contributed by atoms with van der Waals surface area (Å²) in [6, 6.07) is 14.6. The summed E-state index contributed by atoms with van der Waals surface area (Å²) in [5.74, 6) is 1.75. The van der Waals surface area contributed by atoms with E-state index in [0.29, 0.717) is 18.3 Å². The molecule has 0 radical (unpaired) electrons. The smallest absolute Gasteiger partial charge is 0.241 e. The molecule has 1 saturated heterocycles. The molecular formula is C21H22FN3O2. The molecule has 0 aliphatic carbocycles. The van der Waals surface area contributed by atoms with Crippen LogP contribution in [0.25, 0.3) is 11.4 Å². The van der Waals surface area contributed by atoms with Gasteiger partial charge in [-0.3, -0.25) is 4.90 Å². The summed E-state index contributed by atoms with van der Waals surface area (Å²) in [5, 5.41) is 4.11. The Labute approximate surface area is 157 Å². The van der Waals surface area contributed by atoms with Crippen LogP contribution in [0, 0.1) is 5.82 Å². The zero-order valence-corrected chi connectivity index (χ0v) is 15.3. The second kappa shape index (κ2) is 7.88. The second-order valence-electron chi connectivity index (χ2n) is 6.77. The van der Waals surface area contributed by atoms with Gasteiger partial charge in [0.25, 0.3) is 0 Å². The van der Waals surface area contributed by atoms with Gasteiger partial charge in [-0.05, 0) is 61.3 Å². The topological polar surface area (TPSA) is 51.4 Å². The molecule has 27 heavy (non-hydrogen) atoms. The van der Waals surface area contributed by atoms with Crippen molar-refractivity contribution in [2.45, 2.75) is 31.8 Å². The van der Waals surface area contributed by atoms with Gasteiger partial charge in [0.1, 0.15) is 11.6 Å². The summed E-state index contributed by atoms with van der Waals surface area (Å²) < 4.78 is 23.9. The molecule has 1 aromatic heterocycles. The van der Waals surface area contributed by atoms with Gasteiger partial charge in [-0.15, -0.1) is 0 Å². The maximum Gasteiger partial charge on any atom is 0.241 e. The minimum atomic E-state index is -0.206. The first-order valence-corrected chi connectivity index (χ1v) is 9.19. The molecule has 2 aromatic carbocycles. The second-order valence-corrected chi connectivity index (χ2v) is 6.77. The molecule has 0 saturated carbocycles. The Balaban J connectivity index is 1.50. The number of piperidine rings is 1. The summed E-state index contributed by atoms with van der Waals surface area (Å²) in [7, 11) is 1.64. The molecule has 5 nitrogen and oxygen atoms in total. The van der Waals surface area contributed by atoms with Gasteiger partial charge in [0.15, 0.2) is 0 Å². The number of hydrogen-bond acceptors (Lipinski definition) is 5. The van der Waals surface area contributed by atoms with Crippen LogP contribution >= 0.6 is 0 Å². The lowest BCUT2D eigenvalue weighted by Gasteiger charge is -2.35. The minimum Gasteiger partial charge on any atom is -0.497 e. The van der Waals surface area contributed by atoms with Crippen molar-refractivity contribution in [1.29, 1.82) is 0 Å². The molecule has 3 aromatic rings. The number of ether oxygens (including phenoxy) is 1. The number of hydrogen-bond donors (Lipinski definition) is 0. The van der Waals surface area contributed by atoms with E-state index in [1.807, 2.05) is 36.4 Å². The monoisotopic (exact) mass is 367 g/mol. The SMILES string of the molecule is COc1ccc(-c2noc(CN3CCCC[C@@H]3c3ccc(F)cc3)n2)cc1. The normalized spacial score (nSPS) is 17.8. The lowest BCUT2D eigenvalue weighted by molar-refractivity contribution is 0.124. The highest BCUT2D eigenvalue weighted by Crippen LogP contribution is 2.32. The van der Waals surface area contributed by atoms with Crippen molar-refractivity contribution in [2.24, 2.45) is 0 Å². The first-order valence-electron chi connectivity index (χ1n) is 9.19. The minimum absolute atomic E-state index is 0.206. The zero-order valence-electron chi connectivity index (χ0n) is 15.3. The van der Waals surface area contributed by atoms with Crippen molar-refractivity contribution in [2.75, 3.05) is 13.7 Å². The summed E-state index contributed by atoms with van der Waals surface area (Å²) >= 11 is 0. The van der Waals surface area contributed by atoms with Crippen LogP contribution in [-0.2, 0) is 6.54 Å². The Morgan fingerprint density at radius 2 is 1.89 bits per heavy atom. The van der Waals surface area contributed by atoms with Crippen molar-refractivity contribution in [3.63, 3.8) is 0 Å². The molecule has 1 aliphatic heterocycles. The number of aromatic nitrogens is 2. The zero-order chi connectivity index (χ0) is 18.6. The van der Waals surface area contributed by atoms with E-state index in [1.165, 1.54) is 18.6 Å². The molecule has 4 rings (SSSR count). The fraction of sp³-hybridized carbons (Fsp3) is 0.333. The number of nitrogens with zero attached hydrogens (tertiary/aromatic N) is 3. The van der Waals surface area contributed by atoms with Crippen LogP contribution in [0.5, 0.6) is 5.75 Å². The fourth-order valence-electron chi connectivity index (χ4n) is 3.59. The molecule has 0 bridgehead atoms. The van der Waals surface area contributed by atoms with E-state index >= 15 is 0 Å². The Hall–Kier alpha value is -2.73. The molecule has 1 fully saturated rings. The highest BCUT2D eigenvalue weighted by molar-refractivity contribution is 5.55. The summed E-state index contributed by atoms with van der Waals surface area (Å²) in [6.07, 6.45) is 3.35. The van der Waals surface area contributed by atoms with Gasteiger partial charge in [-0.2, -0.15) is 4.98 Å². The van der Waals surface area contributed by atoms with E-state index in [4.69, 9.17) is 9.26 Å². The third-order valence-corrected chi connectivity index (χ3v) is 5.02. The van der Waals surface area contributed by atoms with Gasteiger partial charge < -0.3 is 9.26 Å². The quantitative estimate of drug-likeness (QED) is 0.659. The molecule has 0 amide bonds. The maximum absolute atomic E-state index is 13.3. The number of benzene rings is 2. The Morgan fingerprint density at radius 3 is 2.63 bits per heavy atom. The van der Waals surface area contributed by atoms with Crippen LogP contribution in [-0.4, -0.2) is 28.7 Å². The predicted octanol–water partition coefficient (Wildman–Crippen LogP) is 4.61. The van der Waals surface area contributed by atoms with Crippen LogP contribution in [0.2, 0.25) is 0 Å². The average molecular weight is 367 g/mol. The van der Waals surface area contributed by atoms with Crippen LogP contribution in [0.4, 0.5) is 4.39 Å². The van der Waals surface area contributed by atoms with E-state index in [9.17, 15) is 4.39 Å². The average Bonchev–Trinajstić information content (AvgIpc) is 3.18. The molecule has 0 unspecified atom stereocenters. The van der Waals surface area contributed by atoms with Gasteiger partial charge in [-0.25, -0.2) is 4.39 Å². The summed E-state index contributed by atoms with van der Waals surface area (Å²) in [5.41, 5.74) is 2.02. The third kappa shape index (κ3) is 4.01. The molecule has 140 valence electrons.